The van der Waals surface area contributed by atoms with Crippen LogP contribution in [0.5, 0.6) is 0 Å². The molecule has 0 aliphatic rings. The maximum absolute atomic E-state index is 5.05. The molecule has 12 rings (SSSR count). The van der Waals surface area contributed by atoms with Crippen LogP contribution in [-0.2, 0) is 0 Å². The Bertz CT molecular complexity index is 3000. The molecular weight excluding hydrogens is 741 g/mol. The second kappa shape index (κ2) is 13.6. The van der Waals surface area contributed by atoms with Crippen molar-refractivity contribution in [2.45, 2.75) is 0 Å². The molecule has 12 aromatic rings. The molecule has 0 aliphatic carbocycles. The molecule has 0 atom stereocenters. The second-order valence-corrected chi connectivity index (χ2v) is 14.8. The van der Waals surface area contributed by atoms with Crippen LogP contribution in [0.1, 0.15) is 0 Å². The predicted octanol–water partition coefficient (Wildman–Crippen LogP) is 11.7. The zero-order valence-electron chi connectivity index (χ0n) is 31.8. The summed E-state index contributed by atoms with van der Waals surface area (Å²) in [5.41, 5.74) is 16.7. The fourth-order valence-corrected chi connectivity index (χ4v) is 7.89. The molecular formula is C50H32N10. The highest BCUT2D eigenvalue weighted by Crippen LogP contribution is 2.34. The lowest BCUT2D eigenvalue weighted by molar-refractivity contribution is 1.20. The predicted molar refractivity (Wildman–Crippen MR) is 239 cm³/mol. The molecule has 0 aliphatic heterocycles. The Morgan fingerprint density at radius 3 is 0.717 bits per heavy atom. The third-order valence-corrected chi connectivity index (χ3v) is 10.9. The number of H-pyrrole nitrogens is 4. The van der Waals surface area contributed by atoms with E-state index >= 15 is 0 Å². The molecule has 0 saturated carbocycles. The summed E-state index contributed by atoms with van der Waals surface area (Å²) >= 11 is 0. The molecule has 0 radical (unpaired) electrons. The zero-order valence-corrected chi connectivity index (χ0v) is 31.8. The van der Waals surface area contributed by atoms with Crippen molar-refractivity contribution in [3.63, 3.8) is 0 Å². The average Bonchev–Trinajstić information content (AvgIpc) is 4.13. The molecule has 0 bridgehead atoms. The Kier molecular flexibility index (Phi) is 7.60. The Hall–Kier alpha value is -8.50. The van der Waals surface area contributed by atoms with E-state index in [-0.39, 0.29) is 0 Å². The highest BCUT2D eigenvalue weighted by molar-refractivity contribution is 5.85. The standard InChI is InChI=1S/C50H32N10/c1-2-10-36-35(9-1)53-47(54-36)43-25-33(26-44(51-43)48-55-37-11-3-4-12-38(37)56-48)31-21-17-29(18-22-31)30-19-23-32(24-20-30)34-27-45(49-57-39-13-5-6-14-40(39)58-49)52-46(28-34)50-59-41-15-7-8-16-42(41)60-50/h1-28H,(H,53,54)(H,55,56)(H,57,58)(H,59,60). The first kappa shape index (κ1) is 33.6. The Morgan fingerprint density at radius 1 is 0.233 bits per heavy atom. The molecule has 282 valence electrons. The average molecular weight is 773 g/mol. The van der Waals surface area contributed by atoms with Gasteiger partial charge in [0.1, 0.15) is 22.8 Å². The van der Waals surface area contributed by atoms with Crippen LogP contribution in [0.3, 0.4) is 0 Å². The van der Waals surface area contributed by atoms with Gasteiger partial charge in [-0.25, -0.2) is 29.9 Å². The molecule has 6 aromatic heterocycles. The minimum atomic E-state index is 0.704. The van der Waals surface area contributed by atoms with E-state index in [1.165, 1.54) is 0 Å². The summed E-state index contributed by atoms with van der Waals surface area (Å²) < 4.78 is 0. The molecule has 0 saturated heterocycles. The van der Waals surface area contributed by atoms with Crippen molar-refractivity contribution in [1.29, 1.82) is 0 Å². The van der Waals surface area contributed by atoms with Crippen LogP contribution in [0, 0.1) is 0 Å². The van der Waals surface area contributed by atoms with Gasteiger partial charge in [0.15, 0.2) is 23.3 Å². The van der Waals surface area contributed by atoms with Crippen LogP contribution < -0.4 is 0 Å². The lowest BCUT2D eigenvalue weighted by Gasteiger charge is -2.10. The lowest BCUT2D eigenvalue weighted by atomic mass is 9.97. The molecule has 4 N–H and O–H groups in total. The first-order chi connectivity index (χ1) is 29.6. The summed E-state index contributed by atoms with van der Waals surface area (Å²) in [6, 6.07) is 57.7. The summed E-state index contributed by atoms with van der Waals surface area (Å²) in [6.07, 6.45) is 0. The summed E-state index contributed by atoms with van der Waals surface area (Å²) in [6.45, 7) is 0. The Morgan fingerprint density at radius 2 is 0.467 bits per heavy atom. The van der Waals surface area contributed by atoms with Crippen molar-refractivity contribution >= 4 is 44.1 Å². The highest BCUT2D eigenvalue weighted by Gasteiger charge is 2.17. The van der Waals surface area contributed by atoms with Gasteiger partial charge in [-0.05, 0) is 106 Å². The van der Waals surface area contributed by atoms with Crippen molar-refractivity contribution in [2.24, 2.45) is 0 Å². The second-order valence-electron chi connectivity index (χ2n) is 14.8. The van der Waals surface area contributed by atoms with Crippen molar-refractivity contribution in [1.82, 2.24) is 49.8 Å². The van der Waals surface area contributed by atoms with E-state index in [4.69, 9.17) is 29.9 Å². The molecule has 10 nitrogen and oxygen atoms in total. The number of aromatic amines is 4. The molecule has 0 fully saturated rings. The highest BCUT2D eigenvalue weighted by atomic mass is 15.0. The van der Waals surface area contributed by atoms with Crippen molar-refractivity contribution in [3.8, 4) is 79.5 Å². The first-order valence-electron chi connectivity index (χ1n) is 19.7. The van der Waals surface area contributed by atoms with Gasteiger partial charge in [0.25, 0.3) is 0 Å². The van der Waals surface area contributed by atoms with Crippen LogP contribution >= 0.6 is 0 Å². The first-order valence-corrected chi connectivity index (χ1v) is 19.7. The summed E-state index contributed by atoms with van der Waals surface area (Å²) in [5.74, 6) is 2.82. The van der Waals surface area contributed by atoms with Gasteiger partial charge in [-0.1, -0.05) is 97.1 Å². The summed E-state index contributed by atoms with van der Waals surface area (Å²) in [7, 11) is 0. The maximum atomic E-state index is 5.05. The lowest BCUT2D eigenvalue weighted by Crippen LogP contribution is -1.94. The van der Waals surface area contributed by atoms with Crippen LogP contribution in [0.25, 0.3) is 124 Å². The van der Waals surface area contributed by atoms with Crippen molar-refractivity contribution < 1.29 is 0 Å². The fourth-order valence-electron chi connectivity index (χ4n) is 7.89. The number of para-hydroxylation sites is 8. The minimum absolute atomic E-state index is 0.704. The topological polar surface area (TPSA) is 140 Å². The number of fused-ring (bicyclic) bond motifs is 4. The van der Waals surface area contributed by atoms with Gasteiger partial charge in [-0.15, -0.1) is 0 Å². The van der Waals surface area contributed by atoms with Gasteiger partial charge < -0.3 is 19.9 Å². The van der Waals surface area contributed by atoms with Gasteiger partial charge in [0.05, 0.1) is 44.1 Å². The van der Waals surface area contributed by atoms with Gasteiger partial charge >= 0.3 is 0 Å². The van der Waals surface area contributed by atoms with Crippen LogP contribution in [0.2, 0.25) is 0 Å². The zero-order chi connectivity index (χ0) is 39.6. The van der Waals surface area contributed by atoms with Gasteiger partial charge in [0.2, 0.25) is 0 Å². The van der Waals surface area contributed by atoms with E-state index in [1.54, 1.807) is 0 Å². The number of rotatable bonds is 7. The Labute approximate surface area is 342 Å². The largest absolute Gasteiger partial charge is 0.337 e. The van der Waals surface area contributed by atoms with Crippen LogP contribution in [0.15, 0.2) is 170 Å². The number of hydrogen-bond donors (Lipinski definition) is 4. The number of benzene rings is 6. The normalized spacial score (nSPS) is 11.7. The van der Waals surface area contributed by atoms with E-state index in [0.29, 0.717) is 23.3 Å². The monoisotopic (exact) mass is 772 g/mol. The number of hydrogen-bond acceptors (Lipinski definition) is 6. The molecule has 6 heterocycles. The number of aromatic nitrogens is 10. The molecule has 6 aromatic carbocycles. The maximum Gasteiger partial charge on any atom is 0.157 e. The molecule has 60 heavy (non-hydrogen) atoms. The van der Waals surface area contributed by atoms with E-state index < -0.39 is 0 Å². The molecule has 10 heteroatoms. The van der Waals surface area contributed by atoms with E-state index in [1.807, 2.05) is 97.1 Å². The number of imidazole rings is 4. The summed E-state index contributed by atoms with van der Waals surface area (Å²) in [5, 5.41) is 0. The van der Waals surface area contributed by atoms with E-state index in [2.05, 4.69) is 92.7 Å². The van der Waals surface area contributed by atoms with Gasteiger partial charge in [-0.2, -0.15) is 0 Å². The summed E-state index contributed by atoms with van der Waals surface area (Å²) in [4.78, 5) is 43.4. The van der Waals surface area contributed by atoms with E-state index in [0.717, 1.165) is 100 Å². The van der Waals surface area contributed by atoms with Crippen molar-refractivity contribution in [2.75, 3.05) is 0 Å². The SMILES string of the molecule is c1ccc2[nH]c(-c3cc(-c4ccc(-c5ccc(-c6cc(-c7nc8ccccc8[nH]7)nc(-c7nc8ccccc8[nH]7)c6)cc5)cc4)cc(-c4nc5ccccc5[nH]4)n3)nc2c1. The smallest absolute Gasteiger partial charge is 0.157 e. The van der Waals surface area contributed by atoms with Gasteiger partial charge in [-0.3, -0.25) is 0 Å². The number of nitrogens with one attached hydrogen (secondary N) is 4. The molecule has 0 spiro atoms. The fraction of sp³-hybridized carbons (Fsp3) is 0. The molecule has 0 amide bonds. The number of pyridine rings is 2. The third-order valence-electron chi connectivity index (χ3n) is 10.9. The molecule has 0 unspecified atom stereocenters. The van der Waals surface area contributed by atoms with Crippen LogP contribution in [-0.4, -0.2) is 49.8 Å². The number of nitrogens with zero attached hydrogens (tertiary/aromatic N) is 6. The van der Waals surface area contributed by atoms with Crippen LogP contribution in [0.4, 0.5) is 0 Å². The van der Waals surface area contributed by atoms with E-state index in [9.17, 15) is 0 Å². The minimum Gasteiger partial charge on any atom is -0.337 e. The van der Waals surface area contributed by atoms with Gasteiger partial charge in [0, 0.05) is 0 Å². The quantitative estimate of drug-likeness (QED) is 0.127. The third kappa shape index (κ3) is 5.98. The van der Waals surface area contributed by atoms with Crippen molar-refractivity contribution in [3.05, 3.63) is 170 Å². The Balaban J connectivity index is 0.891.